The Morgan fingerprint density at radius 1 is 1.17 bits per heavy atom. The van der Waals surface area contributed by atoms with Crippen LogP contribution in [0.2, 0.25) is 15.1 Å². The number of rotatable bonds is 10. The maximum Gasteiger partial charge on any atom is 0.274 e. The Labute approximate surface area is 222 Å². The molecule has 0 saturated heterocycles. The van der Waals surface area contributed by atoms with E-state index >= 15 is 0 Å². The van der Waals surface area contributed by atoms with E-state index in [1.54, 1.807) is 12.1 Å². The smallest absolute Gasteiger partial charge is 0.274 e. The fraction of sp³-hybridized carbons (Fsp3) is 0.261. The molecule has 0 aliphatic carbocycles. The zero-order valence-electron chi connectivity index (χ0n) is 19.6. The molecular weight excluding hydrogens is 531 g/mol. The van der Waals surface area contributed by atoms with E-state index in [9.17, 15) is 9.59 Å². The summed E-state index contributed by atoms with van der Waals surface area (Å²) in [5, 5.41) is 13.8. The number of carbonyl (C=O) groups excluding carboxylic acids is 2. The molecule has 0 unspecified atom stereocenters. The van der Waals surface area contributed by atoms with Crippen LogP contribution in [0.3, 0.4) is 0 Å². The van der Waals surface area contributed by atoms with Gasteiger partial charge in [0.25, 0.3) is 11.8 Å². The molecule has 190 valence electrons. The van der Waals surface area contributed by atoms with E-state index in [0.29, 0.717) is 12.5 Å². The molecular formula is C23H23Cl3N6O4. The van der Waals surface area contributed by atoms with Crippen molar-refractivity contribution in [1.82, 2.24) is 20.1 Å². The van der Waals surface area contributed by atoms with Crippen LogP contribution in [-0.2, 0) is 4.84 Å². The standard InChI is InChI=1S/C23H23Cl3N6O4/c1-13(2)12-36-29-8-7-28-22(33)15-9-14(24)10-17(26)20(15)30-23(34)18-11-19(35-3)31-32(18)21-16(25)5-4-6-27-21/h4-6,8-11,13H,7,12H2,1-3H3,(H,28,33)(H,30,34)/b29-8+. The third kappa shape index (κ3) is 6.87. The molecule has 1 aromatic carbocycles. The van der Waals surface area contributed by atoms with E-state index < -0.39 is 11.8 Å². The first-order valence-electron chi connectivity index (χ1n) is 10.7. The van der Waals surface area contributed by atoms with Gasteiger partial charge in [-0.1, -0.05) is 53.8 Å². The number of benzene rings is 1. The Morgan fingerprint density at radius 2 is 1.94 bits per heavy atom. The maximum absolute atomic E-state index is 13.3. The molecule has 0 fully saturated rings. The predicted molar refractivity (Wildman–Crippen MR) is 139 cm³/mol. The summed E-state index contributed by atoms with van der Waals surface area (Å²) in [6.45, 7) is 4.51. The number of hydrogen-bond acceptors (Lipinski definition) is 7. The number of amides is 2. The summed E-state index contributed by atoms with van der Waals surface area (Å²) < 4.78 is 6.40. The van der Waals surface area contributed by atoms with Gasteiger partial charge in [0.05, 0.1) is 41.2 Å². The highest BCUT2D eigenvalue weighted by molar-refractivity contribution is 6.38. The molecule has 10 nitrogen and oxygen atoms in total. The van der Waals surface area contributed by atoms with Crippen LogP contribution in [0.4, 0.5) is 5.69 Å². The number of halogens is 3. The van der Waals surface area contributed by atoms with Crippen molar-refractivity contribution in [3.8, 4) is 11.7 Å². The average molecular weight is 554 g/mol. The first-order chi connectivity index (χ1) is 17.2. The number of nitrogens with zero attached hydrogens (tertiary/aromatic N) is 4. The predicted octanol–water partition coefficient (Wildman–Crippen LogP) is 4.88. The van der Waals surface area contributed by atoms with Gasteiger partial charge in [0.1, 0.15) is 12.3 Å². The summed E-state index contributed by atoms with van der Waals surface area (Å²) in [5.41, 5.74) is 0.140. The van der Waals surface area contributed by atoms with Crippen LogP contribution < -0.4 is 15.4 Å². The number of ether oxygens (including phenoxy) is 1. The SMILES string of the molecule is COc1cc(C(=O)Nc2c(Cl)cc(Cl)cc2C(=O)NC/C=N/OCC(C)C)n(-c2ncccc2Cl)n1. The fourth-order valence-electron chi connectivity index (χ4n) is 2.89. The molecule has 0 saturated carbocycles. The highest BCUT2D eigenvalue weighted by Crippen LogP contribution is 2.31. The fourth-order valence-corrected chi connectivity index (χ4v) is 3.63. The Balaban J connectivity index is 1.86. The molecule has 2 N–H and O–H groups in total. The minimum atomic E-state index is -0.644. The van der Waals surface area contributed by atoms with Gasteiger partial charge in [0.15, 0.2) is 5.82 Å². The van der Waals surface area contributed by atoms with Gasteiger partial charge in [-0.2, -0.15) is 0 Å². The number of methoxy groups -OCH3 is 1. The second-order valence-corrected chi connectivity index (χ2v) is 9.00. The first-order valence-corrected chi connectivity index (χ1v) is 11.8. The van der Waals surface area contributed by atoms with Gasteiger partial charge in [0.2, 0.25) is 5.88 Å². The Morgan fingerprint density at radius 3 is 2.64 bits per heavy atom. The van der Waals surface area contributed by atoms with Crippen molar-refractivity contribution in [1.29, 1.82) is 0 Å². The maximum atomic E-state index is 13.3. The van der Waals surface area contributed by atoms with Crippen LogP contribution in [0.5, 0.6) is 5.88 Å². The minimum absolute atomic E-state index is 0.0410. The molecule has 2 aromatic heterocycles. The summed E-state index contributed by atoms with van der Waals surface area (Å²) in [7, 11) is 1.41. The molecule has 36 heavy (non-hydrogen) atoms. The zero-order chi connectivity index (χ0) is 26.2. The van der Waals surface area contributed by atoms with Crippen LogP contribution in [-0.4, -0.2) is 53.1 Å². The van der Waals surface area contributed by atoms with Crippen LogP contribution >= 0.6 is 34.8 Å². The van der Waals surface area contributed by atoms with Crippen LogP contribution in [0.1, 0.15) is 34.7 Å². The number of carbonyl (C=O) groups is 2. The topological polar surface area (TPSA) is 120 Å². The number of aromatic nitrogens is 3. The van der Waals surface area contributed by atoms with E-state index in [2.05, 4.69) is 25.9 Å². The quantitative estimate of drug-likeness (QED) is 0.273. The van der Waals surface area contributed by atoms with Crippen molar-refractivity contribution < 1.29 is 19.2 Å². The van der Waals surface area contributed by atoms with Gasteiger partial charge in [-0.05, 0) is 30.2 Å². The molecule has 0 spiro atoms. The van der Waals surface area contributed by atoms with Crippen LogP contribution in [0.25, 0.3) is 5.82 Å². The molecule has 0 bridgehead atoms. The second kappa shape index (κ2) is 12.6. The lowest BCUT2D eigenvalue weighted by Crippen LogP contribution is -2.27. The second-order valence-electron chi connectivity index (χ2n) is 7.74. The van der Waals surface area contributed by atoms with Gasteiger partial charge >= 0.3 is 0 Å². The van der Waals surface area contributed by atoms with E-state index in [0.717, 1.165) is 0 Å². The minimum Gasteiger partial charge on any atom is -0.480 e. The summed E-state index contributed by atoms with van der Waals surface area (Å²) in [4.78, 5) is 35.4. The van der Waals surface area contributed by atoms with Crippen molar-refractivity contribution in [2.75, 3.05) is 25.6 Å². The monoisotopic (exact) mass is 552 g/mol. The van der Waals surface area contributed by atoms with Crippen LogP contribution in [0.15, 0.2) is 41.7 Å². The van der Waals surface area contributed by atoms with Gasteiger partial charge in [-0.3, -0.25) is 9.59 Å². The number of oxime groups is 1. The number of nitrogens with one attached hydrogen (secondary N) is 2. The van der Waals surface area contributed by atoms with Crippen molar-refractivity contribution in [3.05, 3.63) is 62.9 Å². The van der Waals surface area contributed by atoms with Crippen molar-refractivity contribution in [3.63, 3.8) is 0 Å². The molecule has 3 aromatic rings. The third-order valence-electron chi connectivity index (χ3n) is 4.52. The van der Waals surface area contributed by atoms with Crippen molar-refractivity contribution in [2.45, 2.75) is 13.8 Å². The number of pyridine rings is 1. The highest BCUT2D eigenvalue weighted by atomic mass is 35.5. The normalized spacial score (nSPS) is 11.1. The lowest BCUT2D eigenvalue weighted by Gasteiger charge is -2.14. The van der Waals surface area contributed by atoms with Crippen LogP contribution in [0, 0.1) is 5.92 Å². The molecule has 2 heterocycles. The highest BCUT2D eigenvalue weighted by Gasteiger charge is 2.23. The molecule has 3 rings (SSSR count). The van der Waals surface area contributed by atoms with E-state index in [-0.39, 0.29) is 50.3 Å². The molecule has 0 atom stereocenters. The Bertz CT molecular complexity index is 1280. The number of hydrogen-bond donors (Lipinski definition) is 2. The average Bonchev–Trinajstić information content (AvgIpc) is 3.27. The molecule has 13 heteroatoms. The summed E-state index contributed by atoms with van der Waals surface area (Å²) in [6.07, 6.45) is 2.92. The Hall–Kier alpha value is -3.34. The van der Waals surface area contributed by atoms with Gasteiger partial charge < -0.3 is 20.2 Å². The van der Waals surface area contributed by atoms with E-state index in [4.69, 9.17) is 44.4 Å². The van der Waals surface area contributed by atoms with E-state index in [1.807, 2.05) is 13.8 Å². The largest absolute Gasteiger partial charge is 0.480 e. The first kappa shape index (κ1) is 27.3. The number of anilines is 1. The lowest BCUT2D eigenvalue weighted by molar-refractivity contribution is 0.0959. The molecule has 0 aliphatic rings. The molecule has 0 radical (unpaired) electrons. The Kier molecular flexibility index (Phi) is 9.51. The third-order valence-corrected chi connectivity index (χ3v) is 5.33. The van der Waals surface area contributed by atoms with Crippen molar-refractivity contribution >= 4 is 58.5 Å². The lowest BCUT2D eigenvalue weighted by atomic mass is 10.1. The van der Waals surface area contributed by atoms with Gasteiger partial charge in [-0.15, -0.1) is 5.10 Å². The van der Waals surface area contributed by atoms with E-state index in [1.165, 1.54) is 42.4 Å². The summed E-state index contributed by atoms with van der Waals surface area (Å²) >= 11 is 18.7. The van der Waals surface area contributed by atoms with Crippen molar-refractivity contribution in [2.24, 2.45) is 11.1 Å². The van der Waals surface area contributed by atoms with Gasteiger partial charge in [-0.25, -0.2) is 9.67 Å². The zero-order valence-corrected chi connectivity index (χ0v) is 21.9. The van der Waals surface area contributed by atoms with Gasteiger partial charge in [0, 0.05) is 17.3 Å². The summed E-state index contributed by atoms with van der Waals surface area (Å²) in [5.74, 6) is -0.493. The molecule has 0 aliphatic heterocycles. The summed E-state index contributed by atoms with van der Waals surface area (Å²) in [6, 6.07) is 7.45. The molecule has 2 amide bonds.